The third-order valence-corrected chi connectivity index (χ3v) is 2.94. The molecule has 4 heteroatoms. The van der Waals surface area contributed by atoms with Crippen molar-refractivity contribution >= 4 is 0 Å². The van der Waals surface area contributed by atoms with E-state index in [1.54, 1.807) is 12.2 Å². The van der Waals surface area contributed by atoms with Crippen molar-refractivity contribution in [3.8, 4) is 5.75 Å². The molecule has 0 aromatic heterocycles. The summed E-state index contributed by atoms with van der Waals surface area (Å²) < 4.78 is 5.33. The highest BCUT2D eigenvalue weighted by atomic mass is 16.7. The zero-order valence-corrected chi connectivity index (χ0v) is 9.59. The molecule has 0 amide bonds. The fourth-order valence-corrected chi connectivity index (χ4v) is 2.12. The highest BCUT2D eigenvalue weighted by Crippen LogP contribution is 2.36. The molecule has 0 unspecified atom stereocenters. The molecular weight excluding hydrogens is 206 g/mol. The Morgan fingerprint density at radius 3 is 2.88 bits per heavy atom. The van der Waals surface area contributed by atoms with E-state index in [9.17, 15) is 0 Å². The summed E-state index contributed by atoms with van der Waals surface area (Å²) in [6.45, 7) is 0.0516. The van der Waals surface area contributed by atoms with Crippen LogP contribution < -0.4 is 4.74 Å². The van der Waals surface area contributed by atoms with Crippen LogP contribution in [0.15, 0.2) is 24.3 Å². The number of rotatable bonds is 3. The number of methoxy groups -OCH3 is 1. The van der Waals surface area contributed by atoms with Gasteiger partial charge in [0, 0.05) is 12.6 Å². The Bertz CT molecular complexity index is 356. The largest absolute Gasteiger partial charge is 0.496 e. The van der Waals surface area contributed by atoms with Crippen molar-refractivity contribution in [1.29, 1.82) is 0 Å². The number of benzene rings is 1. The van der Waals surface area contributed by atoms with E-state index in [-0.39, 0.29) is 18.8 Å². The fraction of sp³-hybridized carbons (Fsp3) is 0.500. The number of ether oxygens (including phenoxy) is 1. The van der Waals surface area contributed by atoms with Crippen LogP contribution >= 0.6 is 0 Å². The van der Waals surface area contributed by atoms with Crippen molar-refractivity contribution in [3.05, 3.63) is 29.8 Å². The van der Waals surface area contributed by atoms with E-state index in [0.29, 0.717) is 0 Å². The summed E-state index contributed by atoms with van der Waals surface area (Å²) in [5.74, 6) is 0.863. The van der Waals surface area contributed by atoms with Gasteiger partial charge >= 0.3 is 0 Å². The number of aliphatic hydroxyl groups is 1. The lowest BCUT2D eigenvalue weighted by Gasteiger charge is -2.19. The number of para-hydroxylation sites is 1. The Balaban J connectivity index is 2.23. The third-order valence-electron chi connectivity index (χ3n) is 2.94. The molecule has 2 rings (SSSR count). The molecule has 0 spiro atoms. The topological polar surface area (TPSA) is 41.9 Å². The van der Waals surface area contributed by atoms with Gasteiger partial charge in [-0.05, 0) is 12.5 Å². The summed E-state index contributed by atoms with van der Waals surface area (Å²) in [6, 6.07) is 8.05. The smallest absolute Gasteiger partial charge is 0.123 e. The van der Waals surface area contributed by atoms with Crippen LogP contribution in [-0.2, 0) is 4.84 Å². The molecule has 1 aliphatic rings. The van der Waals surface area contributed by atoms with Crippen LogP contribution in [0.3, 0.4) is 0 Å². The van der Waals surface area contributed by atoms with Crippen LogP contribution in [0.2, 0.25) is 0 Å². The van der Waals surface area contributed by atoms with E-state index in [4.69, 9.17) is 14.7 Å². The highest BCUT2D eigenvalue weighted by molar-refractivity contribution is 5.36. The fourth-order valence-electron chi connectivity index (χ4n) is 2.12. The first-order valence-corrected chi connectivity index (χ1v) is 5.39. The molecule has 1 heterocycles. The van der Waals surface area contributed by atoms with Gasteiger partial charge in [0.15, 0.2) is 0 Å². The third kappa shape index (κ3) is 2.04. The van der Waals surface area contributed by atoms with Gasteiger partial charge in [-0.3, -0.25) is 4.84 Å². The molecule has 16 heavy (non-hydrogen) atoms. The SMILES string of the molecule is COc1ccccc1[C@H]1C[C@@H](CO)ON1C. The summed E-state index contributed by atoms with van der Waals surface area (Å²) in [7, 11) is 3.55. The van der Waals surface area contributed by atoms with Crippen LogP contribution in [0.5, 0.6) is 5.75 Å². The number of nitrogens with zero attached hydrogens (tertiary/aromatic N) is 1. The molecule has 0 saturated carbocycles. The molecule has 1 fully saturated rings. The molecule has 2 atom stereocenters. The van der Waals surface area contributed by atoms with Crippen molar-refractivity contribution in [3.63, 3.8) is 0 Å². The lowest BCUT2D eigenvalue weighted by molar-refractivity contribution is -0.153. The molecular formula is C12H17NO3. The quantitative estimate of drug-likeness (QED) is 0.840. The van der Waals surface area contributed by atoms with Crippen LogP contribution in [0.4, 0.5) is 0 Å². The normalized spacial score (nSPS) is 25.9. The van der Waals surface area contributed by atoms with Gasteiger partial charge in [0.05, 0.1) is 19.8 Å². The molecule has 0 aliphatic carbocycles. The maximum absolute atomic E-state index is 9.09. The number of hydrogen-bond acceptors (Lipinski definition) is 4. The zero-order valence-electron chi connectivity index (χ0n) is 9.59. The molecule has 4 nitrogen and oxygen atoms in total. The minimum atomic E-state index is -0.111. The van der Waals surface area contributed by atoms with Gasteiger partial charge in [-0.1, -0.05) is 18.2 Å². The van der Waals surface area contributed by atoms with Crippen molar-refractivity contribution in [2.75, 3.05) is 20.8 Å². The van der Waals surface area contributed by atoms with E-state index in [0.717, 1.165) is 17.7 Å². The number of hydrogen-bond donors (Lipinski definition) is 1. The molecule has 0 radical (unpaired) electrons. The molecule has 1 aromatic rings. The lowest BCUT2D eigenvalue weighted by atomic mass is 10.0. The lowest BCUT2D eigenvalue weighted by Crippen LogP contribution is -2.18. The van der Waals surface area contributed by atoms with Crippen molar-refractivity contribution < 1.29 is 14.7 Å². The minimum absolute atomic E-state index is 0.0516. The first kappa shape index (κ1) is 11.4. The van der Waals surface area contributed by atoms with E-state index >= 15 is 0 Å². The summed E-state index contributed by atoms with van der Waals surface area (Å²) in [6.07, 6.45) is 0.674. The zero-order chi connectivity index (χ0) is 11.5. The van der Waals surface area contributed by atoms with E-state index in [2.05, 4.69) is 0 Å². The first-order chi connectivity index (χ1) is 7.76. The van der Waals surface area contributed by atoms with E-state index < -0.39 is 0 Å². The van der Waals surface area contributed by atoms with Crippen molar-refractivity contribution in [2.45, 2.75) is 18.6 Å². The van der Waals surface area contributed by atoms with Gasteiger partial charge < -0.3 is 9.84 Å². The molecule has 88 valence electrons. The van der Waals surface area contributed by atoms with Gasteiger partial charge in [0.2, 0.25) is 0 Å². The number of aliphatic hydroxyl groups excluding tert-OH is 1. The molecule has 1 saturated heterocycles. The summed E-state index contributed by atoms with van der Waals surface area (Å²) >= 11 is 0. The van der Waals surface area contributed by atoms with E-state index in [1.807, 2.05) is 31.3 Å². The summed E-state index contributed by atoms with van der Waals surface area (Å²) in [5.41, 5.74) is 1.10. The van der Waals surface area contributed by atoms with Gasteiger partial charge in [0.25, 0.3) is 0 Å². The highest BCUT2D eigenvalue weighted by Gasteiger charge is 2.33. The predicted octanol–water partition coefficient (Wildman–Crippen LogP) is 1.36. The second-order valence-electron chi connectivity index (χ2n) is 3.95. The van der Waals surface area contributed by atoms with E-state index in [1.165, 1.54) is 0 Å². The first-order valence-electron chi connectivity index (χ1n) is 5.39. The monoisotopic (exact) mass is 223 g/mol. The standard InChI is InChI=1S/C12H17NO3/c1-13-11(7-9(8-14)16-13)10-5-3-4-6-12(10)15-2/h3-6,9,11,14H,7-8H2,1-2H3/t9-,11+/m0/s1. The Morgan fingerprint density at radius 1 is 1.50 bits per heavy atom. The van der Waals surface area contributed by atoms with Gasteiger partial charge in [-0.25, -0.2) is 0 Å². The van der Waals surface area contributed by atoms with Gasteiger partial charge in [-0.15, -0.1) is 0 Å². The minimum Gasteiger partial charge on any atom is -0.496 e. The predicted molar refractivity (Wildman–Crippen MR) is 60.1 cm³/mol. The second kappa shape index (κ2) is 4.82. The second-order valence-corrected chi connectivity index (χ2v) is 3.95. The average Bonchev–Trinajstić information content (AvgIpc) is 2.70. The summed E-state index contributed by atoms with van der Waals surface area (Å²) in [5, 5.41) is 10.9. The van der Waals surface area contributed by atoms with Crippen LogP contribution in [0.25, 0.3) is 0 Å². The van der Waals surface area contributed by atoms with Crippen LogP contribution in [0.1, 0.15) is 18.0 Å². The summed E-state index contributed by atoms with van der Waals surface area (Å²) in [4.78, 5) is 5.50. The maximum Gasteiger partial charge on any atom is 0.123 e. The Morgan fingerprint density at radius 2 is 2.25 bits per heavy atom. The van der Waals surface area contributed by atoms with Crippen LogP contribution in [-0.4, -0.2) is 37.0 Å². The molecule has 1 aromatic carbocycles. The van der Waals surface area contributed by atoms with Crippen LogP contribution in [0, 0.1) is 0 Å². The van der Waals surface area contributed by atoms with Crippen molar-refractivity contribution in [1.82, 2.24) is 5.06 Å². The molecule has 1 aliphatic heterocycles. The average molecular weight is 223 g/mol. The van der Waals surface area contributed by atoms with Gasteiger partial charge in [0.1, 0.15) is 11.9 Å². The maximum atomic E-state index is 9.09. The van der Waals surface area contributed by atoms with Crippen molar-refractivity contribution in [2.24, 2.45) is 0 Å². The van der Waals surface area contributed by atoms with Gasteiger partial charge in [-0.2, -0.15) is 5.06 Å². The molecule has 0 bridgehead atoms. The Kier molecular flexibility index (Phi) is 3.43. The molecule has 1 N–H and O–H groups in total. The Hall–Kier alpha value is -1.10. The Labute approximate surface area is 95.4 Å². The number of hydroxylamine groups is 2.